The van der Waals surface area contributed by atoms with Gasteiger partial charge in [0.25, 0.3) is 0 Å². The minimum absolute atomic E-state index is 0. The first-order chi connectivity index (χ1) is 23.3. The Labute approximate surface area is 332 Å². The molecule has 0 fully saturated rings. The van der Waals surface area contributed by atoms with Crippen LogP contribution in [0.3, 0.4) is 0 Å². The molecule has 2 aromatic heterocycles. The van der Waals surface area contributed by atoms with Crippen LogP contribution in [0.1, 0.15) is 0 Å². The van der Waals surface area contributed by atoms with Crippen LogP contribution in [0.15, 0.2) is 158 Å². The fourth-order valence-electron chi connectivity index (χ4n) is 5.80. The van der Waals surface area contributed by atoms with Crippen molar-refractivity contribution in [3.63, 3.8) is 0 Å². The third-order valence-corrected chi connectivity index (χ3v) is 8.02. The summed E-state index contributed by atoms with van der Waals surface area (Å²) >= 11 is 0. The zero-order valence-corrected chi connectivity index (χ0v) is 32.0. The van der Waals surface area contributed by atoms with Crippen LogP contribution in [0.2, 0.25) is 0 Å². The fraction of sp³-hybridized carbons (Fsp3) is 0. The maximum absolute atomic E-state index is 4.98. The van der Waals surface area contributed by atoms with Crippen molar-refractivity contribution in [2.24, 2.45) is 0 Å². The van der Waals surface area contributed by atoms with E-state index in [1.54, 1.807) is 18.5 Å². The minimum Gasteiger partial charge on any atom is -0.374 e. The van der Waals surface area contributed by atoms with Crippen LogP contribution in [0.5, 0.6) is 0 Å². The van der Waals surface area contributed by atoms with Crippen LogP contribution in [0, 0.1) is 24.3 Å². The summed E-state index contributed by atoms with van der Waals surface area (Å²) in [6.07, 6.45) is 3.45. The smallest absolute Gasteiger partial charge is 0.0748 e. The maximum atomic E-state index is 4.98. The Morgan fingerprint density at radius 1 is 0.560 bits per heavy atom. The summed E-state index contributed by atoms with van der Waals surface area (Å²) in [7, 11) is 0. The molecule has 0 saturated carbocycles. The number of hydrogen-bond donors (Lipinski definition) is 0. The van der Waals surface area contributed by atoms with Gasteiger partial charge in [0.05, 0.1) is 16.9 Å². The molecule has 50 heavy (non-hydrogen) atoms. The molecule has 0 atom stereocenters. The number of rotatable bonds is 4. The molecule has 0 N–H and O–H groups in total. The zero-order valence-electron chi connectivity index (χ0n) is 26.8. The average Bonchev–Trinajstić information content (AvgIpc) is 3.56. The van der Waals surface area contributed by atoms with E-state index in [1.807, 2.05) is 72.8 Å². The van der Waals surface area contributed by atoms with E-state index in [0.29, 0.717) is 0 Å². The number of para-hydroxylation sites is 3. The Kier molecular flexibility index (Phi) is 12.4. The Hall–Kier alpha value is -4.57. The molecule has 0 amide bonds. The van der Waals surface area contributed by atoms with Gasteiger partial charge in [0, 0.05) is 79.3 Å². The number of aromatic nitrogens is 4. The maximum Gasteiger partial charge on any atom is 0.0748 e. The van der Waals surface area contributed by atoms with Gasteiger partial charge in [-0.25, -0.2) is 6.07 Å². The first kappa shape index (κ1) is 36.7. The molecule has 0 saturated heterocycles. The van der Waals surface area contributed by atoms with Crippen molar-refractivity contribution in [3.8, 4) is 39.6 Å². The summed E-state index contributed by atoms with van der Waals surface area (Å²) in [5.74, 6) is 1.54. The molecule has 0 spiro atoms. The van der Waals surface area contributed by atoms with Gasteiger partial charge in [0.1, 0.15) is 0 Å². The Morgan fingerprint density at radius 2 is 1.30 bits per heavy atom. The van der Waals surface area contributed by atoms with Crippen LogP contribution in [0.4, 0.5) is 0 Å². The van der Waals surface area contributed by atoms with Crippen LogP contribution < -0.4 is 0 Å². The number of fused-ring (bicyclic) bond motifs is 4. The number of benzene rings is 7. The Bertz CT molecular complexity index is 2430. The molecule has 7 aromatic carbocycles. The largest absolute Gasteiger partial charge is 0.374 e. The molecule has 0 aliphatic heterocycles. The van der Waals surface area contributed by atoms with E-state index < -0.39 is 0 Å². The first-order valence-corrected chi connectivity index (χ1v) is 15.4. The Morgan fingerprint density at radius 3 is 2.12 bits per heavy atom. The van der Waals surface area contributed by atoms with Crippen molar-refractivity contribution >= 4 is 41.0 Å². The summed E-state index contributed by atoms with van der Waals surface area (Å²) in [6, 6.07) is 62.6. The fourth-order valence-corrected chi connectivity index (χ4v) is 5.80. The van der Waals surface area contributed by atoms with Gasteiger partial charge >= 0.3 is 0 Å². The van der Waals surface area contributed by atoms with E-state index in [0.717, 1.165) is 50.6 Å². The van der Waals surface area contributed by atoms with Gasteiger partial charge in [-0.15, -0.1) is 54.1 Å². The molecule has 9 rings (SSSR count). The van der Waals surface area contributed by atoms with Gasteiger partial charge in [0.15, 0.2) is 0 Å². The Balaban J connectivity index is 0.000000277. The van der Waals surface area contributed by atoms with Gasteiger partial charge < -0.3 is 15.6 Å². The van der Waals surface area contributed by atoms with Crippen molar-refractivity contribution in [1.82, 2.24) is 19.5 Å². The SMILES string of the molecule is [B].[Ir].[Y].[c-]1ccc(-c2[c-]cc3ccc4ccccc4c3c2)[c-]c1-c1nc2ccccc2n1-c1ccccc1.[c-]1ccccc1-c1ncccn1. The number of nitrogens with zero attached hydrogens (tertiary/aromatic N) is 4. The van der Waals surface area contributed by atoms with E-state index in [-0.39, 0.29) is 61.2 Å². The number of hydrogen-bond acceptors (Lipinski definition) is 3. The van der Waals surface area contributed by atoms with E-state index in [2.05, 4.69) is 106 Å². The molecule has 0 unspecified atom stereocenters. The van der Waals surface area contributed by atoms with E-state index in [1.165, 1.54) is 21.5 Å². The zero-order chi connectivity index (χ0) is 31.4. The predicted octanol–water partition coefficient (Wildman–Crippen LogP) is 9.62. The normalized spacial score (nSPS) is 10.3. The first-order valence-electron chi connectivity index (χ1n) is 15.4. The van der Waals surface area contributed by atoms with E-state index in [4.69, 9.17) is 4.98 Å². The minimum atomic E-state index is 0. The second-order valence-corrected chi connectivity index (χ2v) is 11.0. The number of imidazole rings is 1. The summed E-state index contributed by atoms with van der Waals surface area (Å²) in [6.45, 7) is 0. The summed E-state index contributed by atoms with van der Waals surface area (Å²) < 4.78 is 2.18. The van der Waals surface area contributed by atoms with Gasteiger partial charge in [-0.3, -0.25) is 33.2 Å². The third kappa shape index (κ3) is 7.60. The van der Waals surface area contributed by atoms with Crippen LogP contribution in [-0.2, 0) is 52.8 Å². The van der Waals surface area contributed by atoms with Crippen molar-refractivity contribution in [3.05, 3.63) is 182 Å². The van der Waals surface area contributed by atoms with Gasteiger partial charge in [-0.05, 0) is 46.9 Å². The molecular weight excluding hydrogens is 864 g/mol. The van der Waals surface area contributed by atoms with Crippen LogP contribution in [-0.4, -0.2) is 27.9 Å². The average molecular weight is 891 g/mol. The molecule has 7 heteroatoms. The van der Waals surface area contributed by atoms with Crippen LogP contribution in [0.25, 0.3) is 72.2 Å². The van der Waals surface area contributed by atoms with E-state index >= 15 is 0 Å². The van der Waals surface area contributed by atoms with E-state index in [9.17, 15) is 0 Å². The summed E-state index contributed by atoms with van der Waals surface area (Å²) in [4.78, 5) is 13.2. The molecule has 2 heterocycles. The third-order valence-electron chi connectivity index (χ3n) is 8.02. The monoisotopic (exact) mass is 891 g/mol. The second-order valence-electron chi connectivity index (χ2n) is 11.0. The molecule has 0 bridgehead atoms. The molecule has 237 valence electrons. The van der Waals surface area contributed by atoms with Crippen molar-refractivity contribution < 1.29 is 52.8 Å². The van der Waals surface area contributed by atoms with Crippen molar-refractivity contribution in [2.75, 3.05) is 0 Å². The molecule has 0 aliphatic carbocycles. The standard InChI is InChI=1S/C33H19N2.C10H7N2.B.Ir.Y/c1-2-12-28(13-3-1)35-32-16-7-6-15-31(32)34-33(35)27-11-8-10-25(21-27)26-20-19-24-18-17-23-9-4-5-14-29(23)30(24)22-26;1-2-5-9(6-3-1)10-11-7-4-8-12-10;;;/h1-10,12-19,22H;1-5,7-8H;;;/q-3;-1;;;. The van der Waals surface area contributed by atoms with Gasteiger partial charge in [-0.2, -0.15) is 5.56 Å². The summed E-state index contributed by atoms with van der Waals surface area (Å²) in [5.41, 5.74) is 6.80. The van der Waals surface area contributed by atoms with Crippen LogP contribution >= 0.6 is 0 Å². The quantitative estimate of drug-likeness (QED) is 0.101. The van der Waals surface area contributed by atoms with Crippen molar-refractivity contribution in [1.29, 1.82) is 0 Å². The topological polar surface area (TPSA) is 43.6 Å². The van der Waals surface area contributed by atoms with Crippen molar-refractivity contribution in [2.45, 2.75) is 0 Å². The van der Waals surface area contributed by atoms with Gasteiger partial charge in [0.2, 0.25) is 0 Å². The molecule has 4 nitrogen and oxygen atoms in total. The van der Waals surface area contributed by atoms with Gasteiger partial charge in [-0.1, -0.05) is 77.5 Å². The molecule has 9 aromatic rings. The summed E-state index contributed by atoms with van der Waals surface area (Å²) in [5, 5.41) is 4.88. The second kappa shape index (κ2) is 16.9. The molecule has 0 aliphatic rings. The molecule has 5 radical (unpaired) electrons. The molecular formula is C43H26BIrN4Y-4. The predicted molar refractivity (Wildman–Crippen MR) is 196 cm³/mol.